The number of aromatic nitrogens is 3. The van der Waals surface area contributed by atoms with Crippen molar-refractivity contribution in [3.05, 3.63) is 39.2 Å². The Morgan fingerprint density at radius 1 is 1.43 bits per heavy atom. The molecule has 8 heteroatoms. The molecule has 0 radical (unpaired) electrons. The normalized spacial score (nSPS) is 10.5. The second-order valence-corrected chi connectivity index (χ2v) is 4.60. The number of aryl methyl sites for hydroxylation is 2. The van der Waals surface area contributed by atoms with Gasteiger partial charge in [-0.1, -0.05) is 0 Å². The van der Waals surface area contributed by atoms with Crippen molar-refractivity contribution in [3.8, 4) is 5.88 Å². The van der Waals surface area contributed by atoms with E-state index in [4.69, 9.17) is 4.74 Å². The molecule has 2 aromatic heterocycles. The fourth-order valence-electron chi connectivity index (χ4n) is 2.07. The average Bonchev–Trinajstić information content (AvgIpc) is 2.69. The highest BCUT2D eigenvalue weighted by Gasteiger charge is 2.17. The zero-order valence-corrected chi connectivity index (χ0v) is 12.4. The Labute approximate surface area is 121 Å². The van der Waals surface area contributed by atoms with E-state index in [2.05, 4.69) is 15.4 Å². The molecule has 0 saturated heterocycles. The molecule has 0 spiro atoms. The first-order valence-electron chi connectivity index (χ1n) is 6.36. The first-order valence-corrected chi connectivity index (χ1v) is 6.36. The summed E-state index contributed by atoms with van der Waals surface area (Å²) in [7, 11) is 3.32. The van der Waals surface area contributed by atoms with Gasteiger partial charge in [0.2, 0.25) is 11.7 Å². The first-order chi connectivity index (χ1) is 9.93. The molecular weight excluding hydrogens is 274 g/mol. The van der Waals surface area contributed by atoms with Crippen molar-refractivity contribution in [3.63, 3.8) is 0 Å². The molecule has 112 valence electrons. The predicted octanol–water partition coefficient (Wildman–Crippen LogP) is 1.96. The highest BCUT2D eigenvalue weighted by Crippen LogP contribution is 2.26. The first kappa shape index (κ1) is 14.8. The number of hydrogen-bond donors (Lipinski definition) is 1. The minimum atomic E-state index is -0.474. The van der Waals surface area contributed by atoms with Crippen LogP contribution in [0.5, 0.6) is 5.88 Å². The van der Waals surface area contributed by atoms with Crippen LogP contribution in [0.3, 0.4) is 0 Å². The number of pyridine rings is 1. The highest BCUT2D eigenvalue weighted by atomic mass is 16.6. The fourth-order valence-corrected chi connectivity index (χ4v) is 2.07. The summed E-state index contributed by atoms with van der Waals surface area (Å²) in [6, 6.07) is 2.83. The van der Waals surface area contributed by atoms with E-state index in [0.717, 1.165) is 17.0 Å². The van der Waals surface area contributed by atoms with Crippen molar-refractivity contribution in [1.82, 2.24) is 14.8 Å². The van der Waals surface area contributed by atoms with Crippen LogP contribution in [-0.2, 0) is 13.6 Å². The van der Waals surface area contributed by atoms with Crippen molar-refractivity contribution in [2.75, 3.05) is 12.4 Å². The summed E-state index contributed by atoms with van der Waals surface area (Å²) in [4.78, 5) is 14.7. The molecule has 0 atom stereocenters. The van der Waals surface area contributed by atoms with Crippen molar-refractivity contribution < 1.29 is 9.66 Å². The topological polar surface area (TPSA) is 95.1 Å². The molecular formula is C13H17N5O3. The van der Waals surface area contributed by atoms with Crippen LogP contribution in [0.15, 0.2) is 12.1 Å². The number of anilines is 1. The summed E-state index contributed by atoms with van der Waals surface area (Å²) in [5.41, 5.74) is 2.80. The second-order valence-electron chi connectivity index (χ2n) is 4.60. The van der Waals surface area contributed by atoms with E-state index < -0.39 is 4.92 Å². The van der Waals surface area contributed by atoms with E-state index in [1.807, 2.05) is 20.9 Å². The van der Waals surface area contributed by atoms with Gasteiger partial charge in [-0.3, -0.25) is 14.8 Å². The monoisotopic (exact) mass is 291 g/mol. The lowest BCUT2D eigenvalue weighted by Gasteiger charge is -2.08. The molecule has 2 rings (SSSR count). The van der Waals surface area contributed by atoms with E-state index >= 15 is 0 Å². The molecule has 0 unspecified atom stereocenters. The predicted molar refractivity (Wildman–Crippen MR) is 77.5 cm³/mol. The van der Waals surface area contributed by atoms with Crippen molar-refractivity contribution >= 4 is 11.5 Å². The minimum absolute atomic E-state index is 0.0880. The quantitative estimate of drug-likeness (QED) is 0.668. The molecule has 0 aromatic carbocycles. The van der Waals surface area contributed by atoms with Crippen LogP contribution in [0.2, 0.25) is 0 Å². The molecule has 0 saturated carbocycles. The maximum absolute atomic E-state index is 11.0. The van der Waals surface area contributed by atoms with Gasteiger partial charge in [-0.25, -0.2) is 0 Å². The zero-order chi connectivity index (χ0) is 15.6. The van der Waals surface area contributed by atoms with Gasteiger partial charge in [0.25, 0.3) is 0 Å². The summed E-state index contributed by atoms with van der Waals surface area (Å²) < 4.78 is 6.78. The lowest BCUT2D eigenvalue weighted by Crippen LogP contribution is -2.07. The van der Waals surface area contributed by atoms with Gasteiger partial charge in [-0.15, -0.1) is 0 Å². The summed E-state index contributed by atoms with van der Waals surface area (Å²) in [6.45, 7) is 4.26. The highest BCUT2D eigenvalue weighted by molar-refractivity contribution is 5.57. The second kappa shape index (κ2) is 5.78. The van der Waals surface area contributed by atoms with E-state index in [1.165, 1.54) is 19.2 Å². The molecule has 0 aliphatic heterocycles. The molecule has 0 aliphatic rings. The van der Waals surface area contributed by atoms with Gasteiger partial charge in [-0.2, -0.15) is 10.1 Å². The Morgan fingerprint density at radius 2 is 2.14 bits per heavy atom. The number of methoxy groups -OCH3 is 1. The number of nitrogens with zero attached hydrogens (tertiary/aromatic N) is 4. The van der Waals surface area contributed by atoms with Crippen molar-refractivity contribution in [2.24, 2.45) is 7.05 Å². The summed E-state index contributed by atoms with van der Waals surface area (Å²) in [6.07, 6.45) is 0. The van der Waals surface area contributed by atoms with Crippen molar-refractivity contribution in [2.45, 2.75) is 20.4 Å². The molecule has 2 aromatic rings. The van der Waals surface area contributed by atoms with Gasteiger partial charge in [-0.05, 0) is 13.8 Å². The third-order valence-electron chi connectivity index (χ3n) is 3.35. The largest absolute Gasteiger partial charge is 0.481 e. The summed E-state index contributed by atoms with van der Waals surface area (Å²) in [5.74, 6) is 0.504. The lowest BCUT2D eigenvalue weighted by atomic mass is 10.2. The SMILES string of the molecule is COc1ccc([N+](=O)[O-])c(NCc2c(C)nn(C)c2C)n1. The maximum atomic E-state index is 11.0. The third kappa shape index (κ3) is 2.93. The molecule has 1 N–H and O–H groups in total. The van der Waals surface area contributed by atoms with E-state index in [0.29, 0.717) is 12.4 Å². The maximum Gasteiger partial charge on any atom is 0.311 e. The van der Waals surface area contributed by atoms with E-state index in [-0.39, 0.29) is 11.5 Å². The molecule has 21 heavy (non-hydrogen) atoms. The number of hydrogen-bond acceptors (Lipinski definition) is 6. The third-order valence-corrected chi connectivity index (χ3v) is 3.35. The molecule has 0 fully saturated rings. The van der Waals surface area contributed by atoms with Gasteiger partial charge in [0.1, 0.15) is 0 Å². The minimum Gasteiger partial charge on any atom is -0.481 e. The van der Waals surface area contributed by atoms with Crippen LogP contribution >= 0.6 is 0 Å². The lowest BCUT2D eigenvalue weighted by molar-refractivity contribution is -0.384. The van der Waals surface area contributed by atoms with Crippen molar-refractivity contribution in [1.29, 1.82) is 0 Å². The van der Waals surface area contributed by atoms with E-state index in [9.17, 15) is 10.1 Å². The van der Waals surface area contributed by atoms with Crippen LogP contribution < -0.4 is 10.1 Å². The standard InChI is InChI=1S/C13H17N5O3/c1-8-10(9(2)17(3)16-8)7-14-13-11(18(19)20)5-6-12(15-13)21-4/h5-6H,7H2,1-4H3,(H,14,15). The molecule has 0 amide bonds. The van der Waals surface area contributed by atoms with Crippen LogP contribution in [0.1, 0.15) is 17.0 Å². The van der Waals surface area contributed by atoms with Gasteiger partial charge in [0.15, 0.2) is 0 Å². The number of nitro groups is 1. The number of nitrogens with one attached hydrogen (secondary N) is 1. The van der Waals surface area contributed by atoms with Crippen LogP contribution in [-0.4, -0.2) is 26.8 Å². The molecule has 2 heterocycles. The Morgan fingerprint density at radius 3 is 2.67 bits per heavy atom. The zero-order valence-electron chi connectivity index (χ0n) is 12.4. The summed E-state index contributed by atoms with van der Waals surface area (Å²) in [5, 5.41) is 18.3. The van der Waals surface area contributed by atoms with Gasteiger partial charge in [0, 0.05) is 37.0 Å². The van der Waals surface area contributed by atoms with Gasteiger partial charge < -0.3 is 10.1 Å². The summed E-state index contributed by atoms with van der Waals surface area (Å²) >= 11 is 0. The molecule has 0 aliphatic carbocycles. The molecule has 8 nitrogen and oxygen atoms in total. The van der Waals surface area contributed by atoms with Crippen LogP contribution in [0.4, 0.5) is 11.5 Å². The number of rotatable bonds is 5. The van der Waals surface area contributed by atoms with Crippen LogP contribution in [0, 0.1) is 24.0 Å². The molecule has 0 bridgehead atoms. The van der Waals surface area contributed by atoms with Gasteiger partial charge >= 0.3 is 5.69 Å². The Kier molecular flexibility index (Phi) is 4.06. The fraction of sp³-hybridized carbons (Fsp3) is 0.385. The number of ether oxygens (including phenoxy) is 1. The average molecular weight is 291 g/mol. The Balaban J connectivity index is 2.28. The smallest absolute Gasteiger partial charge is 0.311 e. The van der Waals surface area contributed by atoms with Gasteiger partial charge in [0.05, 0.1) is 17.7 Å². The Bertz CT molecular complexity index is 681. The van der Waals surface area contributed by atoms with Crippen LogP contribution in [0.25, 0.3) is 0 Å². The Hall–Kier alpha value is -2.64. The van der Waals surface area contributed by atoms with E-state index in [1.54, 1.807) is 4.68 Å².